The first-order valence-electron chi connectivity index (χ1n) is 6.18. The van der Waals surface area contributed by atoms with E-state index in [0.717, 1.165) is 15.6 Å². The summed E-state index contributed by atoms with van der Waals surface area (Å²) in [7, 11) is 0. The Morgan fingerprint density at radius 1 is 1.50 bits per heavy atom. The topological polar surface area (TPSA) is 70.9 Å². The molecule has 0 atom stereocenters. The van der Waals surface area contributed by atoms with Crippen LogP contribution in [0.3, 0.4) is 0 Å². The Bertz CT molecular complexity index is 496. The van der Waals surface area contributed by atoms with Gasteiger partial charge in [-0.3, -0.25) is 4.99 Å². The lowest BCUT2D eigenvalue weighted by molar-refractivity contribution is 0.0523. The molecule has 2 N–H and O–H groups in total. The summed E-state index contributed by atoms with van der Waals surface area (Å²) in [5, 5.41) is 11.3. The van der Waals surface area contributed by atoms with Crippen LogP contribution in [0.15, 0.2) is 27.7 Å². The second kappa shape index (κ2) is 7.40. The average molecular weight is 343 g/mol. The van der Waals surface area contributed by atoms with Crippen molar-refractivity contribution in [1.29, 1.82) is 0 Å². The normalized spacial score (nSPS) is 11.7. The molecule has 0 fully saturated rings. The lowest BCUT2D eigenvalue weighted by atomic mass is 10.1. The largest absolute Gasteiger partial charge is 0.444 e. The van der Waals surface area contributed by atoms with Gasteiger partial charge in [-0.05, 0) is 44.0 Å². The van der Waals surface area contributed by atoms with E-state index >= 15 is 0 Å². The quantitative estimate of drug-likeness (QED) is 0.826. The van der Waals surface area contributed by atoms with Crippen molar-refractivity contribution in [1.82, 2.24) is 5.32 Å². The number of hydrogen-bond donors (Lipinski definition) is 2. The second-order valence-corrected chi connectivity index (χ2v) is 6.01. The maximum Gasteiger partial charge on any atom is 0.407 e. The van der Waals surface area contributed by atoms with Crippen LogP contribution in [-0.4, -0.2) is 29.7 Å². The molecule has 0 saturated heterocycles. The zero-order chi connectivity index (χ0) is 15.2. The van der Waals surface area contributed by atoms with Crippen LogP contribution in [0, 0.1) is 0 Å². The highest BCUT2D eigenvalue weighted by molar-refractivity contribution is 9.10. The van der Waals surface area contributed by atoms with Gasteiger partial charge in [-0.2, -0.15) is 0 Å². The predicted octanol–water partition coefficient (Wildman–Crippen LogP) is 2.84. The van der Waals surface area contributed by atoms with Crippen LogP contribution in [0.1, 0.15) is 31.9 Å². The molecule has 5 nitrogen and oxygen atoms in total. The Kier molecular flexibility index (Phi) is 6.16. The van der Waals surface area contributed by atoms with Crippen molar-refractivity contribution >= 4 is 28.2 Å². The third-order valence-corrected chi connectivity index (χ3v) is 2.99. The van der Waals surface area contributed by atoms with E-state index in [1.165, 1.54) is 0 Å². The molecule has 1 aromatic carbocycles. The smallest absolute Gasteiger partial charge is 0.407 e. The fourth-order valence-electron chi connectivity index (χ4n) is 1.44. The van der Waals surface area contributed by atoms with E-state index in [1.807, 2.05) is 39.0 Å². The minimum atomic E-state index is -0.517. The van der Waals surface area contributed by atoms with Gasteiger partial charge in [0, 0.05) is 17.2 Å². The summed E-state index contributed by atoms with van der Waals surface area (Å²) in [6.07, 6.45) is 1.11. The van der Waals surface area contributed by atoms with Crippen molar-refractivity contribution in [2.75, 3.05) is 6.73 Å². The van der Waals surface area contributed by atoms with E-state index in [0.29, 0.717) is 6.54 Å². The Morgan fingerprint density at radius 2 is 2.20 bits per heavy atom. The number of carbonyl (C=O) groups excluding carboxylic acids is 1. The van der Waals surface area contributed by atoms with Crippen LogP contribution >= 0.6 is 15.9 Å². The number of nitrogens with zero attached hydrogens (tertiary/aromatic N) is 1. The Hall–Kier alpha value is -1.40. The van der Waals surface area contributed by atoms with Gasteiger partial charge in [0.2, 0.25) is 0 Å². The number of ether oxygens (including phenoxy) is 1. The predicted molar refractivity (Wildman–Crippen MR) is 81.9 cm³/mol. The fourth-order valence-corrected chi connectivity index (χ4v) is 1.83. The molecule has 0 aliphatic heterocycles. The first-order chi connectivity index (χ1) is 9.31. The molecule has 0 saturated carbocycles. The number of alkyl carbamates (subject to hydrolysis) is 1. The Morgan fingerprint density at radius 3 is 2.80 bits per heavy atom. The molecule has 6 heteroatoms. The van der Waals surface area contributed by atoms with Gasteiger partial charge < -0.3 is 15.2 Å². The van der Waals surface area contributed by atoms with Crippen LogP contribution in [0.5, 0.6) is 0 Å². The Balaban J connectivity index is 2.67. The molecule has 0 aromatic heterocycles. The van der Waals surface area contributed by atoms with Crippen LogP contribution in [0.25, 0.3) is 0 Å². The van der Waals surface area contributed by atoms with Gasteiger partial charge >= 0.3 is 6.09 Å². The van der Waals surface area contributed by atoms with E-state index in [4.69, 9.17) is 9.84 Å². The number of carbonyl (C=O) groups is 1. The van der Waals surface area contributed by atoms with Gasteiger partial charge in [0.25, 0.3) is 0 Å². The van der Waals surface area contributed by atoms with Crippen LogP contribution < -0.4 is 5.32 Å². The van der Waals surface area contributed by atoms with Gasteiger partial charge in [0.15, 0.2) is 0 Å². The molecule has 0 aliphatic rings. The summed E-state index contributed by atoms with van der Waals surface area (Å²) in [6.45, 7) is 5.54. The lowest BCUT2D eigenvalue weighted by Gasteiger charge is -2.19. The Labute approximate surface area is 127 Å². The molecule has 0 bridgehead atoms. The number of nitrogens with one attached hydrogen (secondary N) is 1. The minimum absolute atomic E-state index is 0.248. The fraction of sp³-hybridized carbons (Fsp3) is 0.429. The molecule has 1 aromatic rings. The molecule has 1 amide bonds. The number of amides is 1. The number of halogens is 1. The second-order valence-electron chi connectivity index (χ2n) is 5.16. The highest BCUT2D eigenvalue weighted by atomic mass is 79.9. The van der Waals surface area contributed by atoms with Gasteiger partial charge in [-0.15, -0.1) is 0 Å². The van der Waals surface area contributed by atoms with Crippen LogP contribution in [-0.2, 0) is 11.3 Å². The summed E-state index contributed by atoms with van der Waals surface area (Å²) < 4.78 is 6.05. The van der Waals surface area contributed by atoms with Crippen molar-refractivity contribution < 1.29 is 14.6 Å². The third kappa shape index (κ3) is 6.16. The van der Waals surface area contributed by atoms with Crippen LogP contribution in [0.4, 0.5) is 4.79 Å². The first kappa shape index (κ1) is 16.7. The van der Waals surface area contributed by atoms with E-state index in [1.54, 1.807) is 6.21 Å². The number of rotatable bonds is 4. The van der Waals surface area contributed by atoms with Crippen molar-refractivity contribution in [3.8, 4) is 0 Å². The molecule has 1 rings (SSSR count). The molecule has 0 spiro atoms. The molecule has 0 unspecified atom stereocenters. The summed E-state index contributed by atoms with van der Waals surface area (Å²) >= 11 is 3.42. The molecular weight excluding hydrogens is 324 g/mol. The van der Waals surface area contributed by atoms with Gasteiger partial charge in [0.1, 0.15) is 12.3 Å². The van der Waals surface area contributed by atoms with Crippen molar-refractivity contribution in [3.63, 3.8) is 0 Å². The molecule has 20 heavy (non-hydrogen) atoms. The van der Waals surface area contributed by atoms with E-state index in [-0.39, 0.29) is 6.73 Å². The van der Waals surface area contributed by atoms with Gasteiger partial charge in [-0.25, -0.2) is 4.79 Å². The number of aliphatic hydroxyl groups is 1. The SMILES string of the molecule is CC(C)(C)OC(=O)NCc1cc(/C=N/CO)ccc1Br. The summed E-state index contributed by atoms with van der Waals surface area (Å²) in [4.78, 5) is 15.4. The van der Waals surface area contributed by atoms with E-state index < -0.39 is 11.7 Å². The first-order valence-corrected chi connectivity index (χ1v) is 6.97. The highest BCUT2D eigenvalue weighted by Crippen LogP contribution is 2.18. The zero-order valence-corrected chi connectivity index (χ0v) is 13.4. The number of benzene rings is 1. The van der Waals surface area contributed by atoms with Crippen molar-refractivity contribution in [2.45, 2.75) is 32.9 Å². The average Bonchev–Trinajstić information content (AvgIpc) is 2.34. The molecular formula is C14H19BrN2O3. The monoisotopic (exact) mass is 342 g/mol. The van der Waals surface area contributed by atoms with E-state index in [9.17, 15) is 4.79 Å². The number of aliphatic imine (C=N–C) groups is 1. The third-order valence-electron chi connectivity index (χ3n) is 2.21. The van der Waals surface area contributed by atoms with Crippen LogP contribution in [0.2, 0.25) is 0 Å². The van der Waals surface area contributed by atoms with Crippen molar-refractivity contribution in [3.05, 3.63) is 33.8 Å². The molecule has 0 radical (unpaired) electrons. The zero-order valence-electron chi connectivity index (χ0n) is 11.8. The molecule has 0 heterocycles. The summed E-state index contributed by atoms with van der Waals surface area (Å²) in [5.41, 5.74) is 1.23. The highest BCUT2D eigenvalue weighted by Gasteiger charge is 2.15. The number of aliphatic hydroxyl groups excluding tert-OH is 1. The standard InChI is InChI=1S/C14H19BrN2O3/c1-14(2,3)20-13(19)17-8-11-6-10(7-16-9-18)4-5-12(11)15/h4-7,18H,8-9H2,1-3H3,(H,17,19)/b16-7+. The van der Waals surface area contributed by atoms with Gasteiger partial charge in [-0.1, -0.05) is 22.0 Å². The maximum absolute atomic E-state index is 11.6. The lowest BCUT2D eigenvalue weighted by Crippen LogP contribution is -2.32. The maximum atomic E-state index is 11.6. The van der Waals surface area contributed by atoms with Crippen molar-refractivity contribution in [2.24, 2.45) is 4.99 Å². The van der Waals surface area contributed by atoms with Gasteiger partial charge in [0.05, 0.1) is 0 Å². The minimum Gasteiger partial charge on any atom is -0.444 e. The van der Waals surface area contributed by atoms with E-state index in [2.05, 4.69) is 26.2 Å². The summed E-state index contributed by atoms with van der Waals surface area (Å²) in [5.74, 6) is 0. The molecule has 110 valence electrons. The number of hydrogen-bond acceptors (Lipinski definition) is 4. The summed E-state index contributed by atoms with van der Waals surface area (Å²) in [6, 6.07) is 5.60. The molecule has 0 aliphatic carbocycles.